The fourth-order valence-electron chi connectivity index (χ4n) is 2.05. The van der Waals surface area contributed by atoms with Gasteiger partial charge in [0.2, 0.25) is 0 Å². The molecular formula is C13H19FN2O. The summed E-state index contributed by atoms with van der Waals surface area (Å²) in [4.78, 5) is 0. The van der Waals surface area contributed by atoms with Crippen LogP contribution < -0.4 is 10.2 Å². The van der Waals surface area contributed by atoms with Crippen molar-refractivity contribution in [3.8, 4) is 5.75 Å². The van der Waals surface area contributed by atoms with Crippen molar-refractivity contribution >= 4 is 0 Å². The van der Waals surface area contributed by atoms with Gasteiger partial charge in [0.1, 0.15) is 11.6 Å². The maximum Gasteiger partial charge on any atom is 0.131 e. The molecule has 1 aliphatic rings. The number of ether oxygens (including phenoxy) is 1. The average molecular weight is 238 g/mol. The number of rotatable bonds is 4. The highest BCUT2D eigenvalue weighted by Gasteiger charge is 2.10. The van der Waals surface area contributed by atoms with E-state index in [1.807, 2.05) is 0 Å². The number of piperidine rings is 1. The van der Waals surface area contributed by atoms with Gasteiger partial charge in [-0.2, -0.15) is 0 Å². The molecule has 3 nitrogen and oxygen atoms in total. The molecule has 1 aromatic carbocycles. The van der Waals surface area contributed by atoms with Crippen molar-refractivity contribution in [1.82, 2.24) is 10.4 Å². The Bertz CT molecular complexity index is 364. The summed E-state index contributed by atoms with van der Waals surface area (Å²) in [6.07, 6.45) is 3.74. The quantitative estimate of drug-likeness (QED) is 0.871. The Morgan fingerprint density at radius 3 is 2.71 bits per heavy atom. The zero-order chi connectivity index (χ0) is 12.1. The van der Waals surface area contributed by atoms with Crippen LogP contribution in [0.1, 0.15) is 24.8 Å². The van der Waals surface area contributed by atoms with Crippen LogP contribution in [0.3, 0.4) is 0 Å². The van der Waals surface area contributed by atoms with Crippen LogP contribution in [0.15, 0.2) is 18.2 Å². The molecule has 0 aromatic heterocycles. The van der Waals surface area contributed by atoms with Crippen molar-refractivity contribution < 1.29 is 9.13 Å². The van der Waals surface area contributed by atoms with E-state index in [9.17, 15) is 4.39 Å². The number of methoxy groups -OCH3 is 1. The van der Waals surface area contributed by atoms with E-state index < -0.39 is 0 Å². The molecule has 0 spiro atoms. The first kappa shape index (κ1) is 12.3. The zero-order valence-electron chi connectivity index (χ0n) is 10.2. The van der Waals surface area contributed by atoms with Gasteiger partial charge in [-0.3, -0.25) is 5.43 Å². The third kappa shape index (κ3) is 3.41. The normalized spacial score (nSPS) is 17.1. The average Bonchev–Trinajstić information content (AvgIpc) is 2.38. The molecule has 2 rings (SSSR count). The third-order valence-electron chi connectivity index (χ3n) is 3.11. The van der Waals surface area contributed by atoms with Crippen molar-refractivity contribution in [1.29, 1.82) is 0 Å². The number of nitrogens with one attached hydrogen (secondary N) is 1. The lowest BCUT2D eigenvalue weighted by molar-refractivity contribution is 0.150. The lowest BCUT2D eigenvalue weighted by Gasteiger charge is -2.27. The first-order valence-electron chi connectivity index (χ1n) is 6.10. The fraction of sp³-hybridized carbons (Fsp3) is 0.538. The molecule has 94 valence electrons. The van der Waals surface area contributed by atoms with Gasteiger partial charge >= 0.3 is 0 Å². The Labute approximate surface area is 102 Å². The van der Waals surface area contributed by atoms with Gasteiger partial charge in [-0.25, -0.2) is 9.40 Å². The summed E-state index contributed by atoms with van der Waals surface area (Å²) in [6, 6.07) is 4.98. The van der Waals surface area contributed by atoms with Gasteiger partial charge in [0.05, 0.1) is 7.11 Å². The van der Waals surface area contributed by atoms with Gasteiger partial charge in [0.25, 0.3) is 0 Å². The van der Waals surface area contributed by atoms with Crippen LogP contribution in [0.5, 0.6) is 5.75 Å². The van der Waals surface area contributed by atoms with Crippen LogP contribution in [0.25, 0.3) is 0 Å². The second kappa shape index (κ2) is 5.98. The number of hydrogen-bond donors (Lipinski definition) is 1. The first-order valence-corrected chi connectivity index (χ1v) is 6.10. The van der Waals surface area contributed by atoms with Gasteiger partial charge in [-0.1, -0.05) is 12.5 Å². The van der Waals surface area contributed by atoms with Gasteiger partial charge in [0, 0.05) is 31.3 Å². The van der Waals surface area contributed by atoms with Crippen molar-refractivity contribution in [2.75, 3.05) is 20.2 Å². The van der Waals surface area contributed by atoms with Crippen molar-refractivity contribution in [2.24, 2.45) is 0 Å². The third-order valence-corrected chi connectivity index (χ3v) is 3.11. The SMILES string of the molecule is COc1ccc(CNN2CCCCC2)c(F)c1. The Hall–Kier alpha value is -1.13. The van der Waals surface area contributed by atoms with Crippen LogP contribution in [0.4, 0.5) is 4.39 Å². The van der Waals surface area contributed by atoms with E-state index >= 15 is 0 Å². The zero-order valence-corrected chi connectivity index (χ0v) is 10.2. The molecule has 1 aliphatic heterocycles. The summed E-state index contributed by atoms with van der Waals surface area (Å²) in [6.45, 7) is 2.64. The molecule has 0 amide bonds. The molecule has 1 heterocycles. The molecule has 4 heteroatoms. The van der Waals surface area contributed by atoms with E-state index in [0.29, 0.717) is 17.9 Å². The molecular weight excluding hydrogens is 219 g/mol. The van der Waals surface area contributed by atoms with E-state index in [1.165, 1.54) is 25.3 Å². The largest absolute Gasteiger partial charge is 0.497 e. The Morgan fingerprint density at radius 2 is 2.06 bits per heavy atom. The number of halogens is 1. The number of hydrogen-bond acceptors (Lipinski definition) is 3. The topological polar surface area (TPSA) is 24.5 Å². The van der Waals surface area contributed by atoms with Crippen LogP contribution in [-0.2, 0) is 6.54 Å². The predicted octanol–water partition coefficient (Wildman–Crippen LogP) is 2.32. The maximum atomic E-state index is 13.7. The second-order valence-corrected chi connectivity index (χ2v) is 4.34. The minimum Gasteiger partial charge on any atom is -0.497 e. The van der Waals surface area contributed by atoms with Crippen LogP contribution >= 0.6 is 0 Å². The molecule has 1 fully saturated rings. The van der Waals surface area contributed by atoms with Crippen LogP contribution in [0, 0.1) is 5.82 Å². The first-order chi connectivity index (χ1) is 8.29. The van der Waals surface area contributed by atoms with E-state index in [2.05, 4.69) is 10.4 Å². The van der Waals surface area contributed by atoms with Crippen molar-refractivity contribution in [2.45, 2.75) is 25.8 Å². The summed E-state index contributed by atoms with van der Waals surface area (Å²) in [5, 5.41) is 2.17. The highest BCUT2D eigenvalue weighted by molar-refractivity contribution is 5.28. The molecule has 0 saturated carbocycles. The summed E-state index contributed by atoms with van der Waals surface area (Å²) in [5.74, 6) is 0.345. The molecule has 0 radical (unpaired) electrons. The van der Waals surface area contributed by atoms with Gasteiger partial charge in [-0.05, 0) is 18.9 Å². The summed E-state index contributed by atoms with van der Waals surface area (Å²) in [5.41, 5.74) is 3.95. The molecule has 1 saturated heterocycles. The van der Waals surface area contributed by atoms with Crippen molar-refractivity contribution in [3.05, 3.63) is 29.6 Å². The molecule has 17 heavy (non-hydrogen) atoms. The Kier molecular flexibility index (Phi) is 4.34. The maximum absolute atomic E-state index is 13.7. The summed E-state index contributed by atoms with van der Waals surface area (Å²) in [7, 11) is 1.54. The van der Waals surface area contributed by atoms with Crippen molar-refractivity contribution in [3.63, 3.8) is 0 Å². The highest BCUT2D eigenvalue weighted by Crippen LogP contribution is 2.16. The minimum atomic E-state index is -0.214. The van der Waals surface area contributed by atoms with E-state index in [-0.39, 0.29) is 5.82 Å². The molecule has 1 aromatic rings. The summed E-state index contributed by atoms with van der Waals surface area (Å²) < 4.78 is 18.6. The molecule has 0 bridgehead atoms. The lowest BCUT2D eigenvalue weighted by Crippen LogP contribution is -2.41. The molecule has 0 aliphatic carbocycles. The van der Waals surface area contributed by atoms with E-state index in [1.54, 1.807) is 19.2 Å². The second-order valence-electron chi connectivity index (χ2n) is 4.34. The van der Waals surface area contributed by atoms with E-state index in [4.69, 9.17) is 4.74 Å². The smallest absolute Gasteiger partial charge is 0.131 e. The van der Waals surface area contributed by atoms with Crippen LogP contribution in [0.2, 0.25) is 0 Å². The van der Waals surface area contributed by atoms with Crippen LogP contribution in [-0.4, -0.2) is 25.2 Å². The predicted molar refractivity (Wildman–Crippen MR) is 65.2 cm³/mol. The van der Waals surface area contributed by atoms with Gasteiger partial charge in [-0.15, -0.1) is 0 Å². The molecule has 1 N–H and O–H groups in total. The minimum absolute atomic E-state index is 0.214. The summed E-state index contributed by atoms with van der Waals surface area (Å²) >= 11 is 0. The Balaban J connectivity index is 1.89. The Morgan fingerprint density at radius 1 is 1.29 bits per heavy atom. The van der Waals surface area contributed by atoms with Gasteiger partial charge < -0.3 is 4.74 Å². The monoisotopic (exact) mass is 238 g/mol. The number of nitrogens with zero attached hydrogens (tertiary/aromatic N) is 1. The lowest BCUT2D eigenvalue weighted by atomic mass is 10.1. The number of benzene rings is 1. The number of hydrazine groups is 1. The standard InChI is InChI=1S/C13H19FN2O/c1-17-12-6-5-11(13(14)9-12)10-15-16-7-3-2-4-8-16/h5-6,9,15H,2-4,7-8,10H2,1H3. The molecule has 0 unspecified atom stereocenters. The van der Waals surface area contributed by atoms with Gasteiger partial charge in [0.15, 0.2) is 0 Å². The van der Waals surface area contributed by atoms with E-state index in [0.717, 1.165) is 13.1 Å². The fourth-order valence-corrected chi connectivity index (χ4v) is 2.05. The highest BCUT2D eigenvalue weighted by atomic mass is 19.1. The molecule has 0 atom stereocenters.